The van der Waals surface area contributed by atoms with E-state index in [1.165, 1.54) is 6.42 Å². The molecule has 0 aromatic heterocycles. The Bertz CT molecular complexity index is 111. The Balaban J connectivity index is 2.39. The van der Waals surface area contributed by atoms with Crippen molar-refractivity contribution >= 4 is 5.78 Å². The Morgan fingerprint density at radius 1 is 1.56 bits per heavy atom. The SMILES string of the molecule is NC[C@H]1CCCCC1=O. The molecule has 2 nitrogen and oxygen atoms in total. The van der Waals surface area contributed by atoms with E-state index in [9.17, 15) is 4.79 Å². The molecule has 2 N–H and O–H groups in total. The van der Waals surface area contributed by atoms with Gasteiger partial charge in [-0.2, -0.15) is 0 Å². The molecule has 0 spiro atoms. The van der Waals surface area contributed by atoms with Crippen molar-refractivity contribution in [3.63, 3.8) is 0 Å². The van der Waals surface area contributed by atoms with Gasteiger partial charge in [-0.15, -0.1) is 0 Å². The van der Waals surface area contributed by atoms with Crippen LogP contribution < -0.4 is 5.73 Å². The summed E-state index contributed by atoms with van der Waals surface area (Å²) < 4.78 is 0. The summed E-state index contributed by atoms with van der Waals surface area (Å²) >= 11 is 0. The predicted octanol–water partition coefficient (Wildman–Crippen LogP) is 0.704. The van der Waals surface area contributed by atoms with Crippen LogP contribution in [0.15, 0.2) is 0 Å². The van der Waals surface area contributed by atoms with Crippen LogP contribution in [0.25, 0.3) is 0 Å². The molecule has 1 aliphatic carbocycles. The van der Waals surface area contributed by atoms with Gasteiger partial charge in [-0.1, -0.05) is 6.42 Å². The second-order valence-corrected chi connectivity index (χ2v) is 2.64. The predicted molar refractivity (Wildman–Crippen MR) is 36.0 cm³/mol. The van der Waals surface area contributed by atoms with E-state index in [1.54, 1.807) is 0 Å². The molecule has 9 heavy (non-hydrogen) atoms. The highest BCUT2D eigenvalue weighted by molar-refractivity contribution is 5.81. The van der Waals surface area contributed by atoms with Gasteiger partial charge >= 0.3 is 0 Å². The van der Waals surface area contributed by atoms with E-state index in [4.69, 9.17) is 5.73 Å². The smallest absolute Gasteiger partial charge is 0.137 e. The van der Waals surface area contributed by atoms with Gasteiger partial charge in [0.1, 0.15) is 5.78 Å². The van der Waals surface area contributed by atoms with E-state index < -0.39 is 0 Å². The number of hydrogen-bond donors (Lipinski definition) is 1. The number of Topliss-reactive ketones (excluding diaryl/α,β-unsaturated/α-hetero) is 1. The van der Waals surface area contributed by atoms with Crippen LogP contribution in [0.5, 0.6) is 0 Å². The highest BCUT2D eigenvalue weighted by Gasteiger charge is 2.19. The fourth-order valence-electron chi connectivity index (χ4n) is 1.30. The molecule has 0 aromatic carbocycles. The van der Waals surface area contributed by atoms with Gasteiger partial charge in [0.05, 0.1) is 0 Å². The maximum Gasteiger partial charge on any atom is 0.137 e. The van der Waals surface area contributed by atoms with Crippen LogP contribution in [0.2, 0.25) is 0 Å². The number of carbonyl (C=O) groups is 1. The molecule has 0 heterocycles. The number of ketones is 1. The zero-order valence-electron chi connectivity index (χ0n) is 5.60. The lowest BCUT2D eigenvalue weighted by molar-refractivity contribution is -0.124. The standard InChI is InChI=1S/C7H13NO/c8-5-6-3-1-2-4-7(6)9/h6H,1-5,8H2/t6-/m1/s1. The summed E-state index contributed by atoms with van der Waals surface area (Å²) in [4.78, 5) is 10.9. The largest absolute Gasteiger partial charge is 0.330 e. The van der Waals surface area contributed by atoms with Gasteiger partial charge in [0.2, 0.25) is 0 Å². The molecule has 0 amide bonds. The van der Waals surface area contributed by atoms with E-state index in [1.807, 2.05) is 0 Å². The Morgan fingerprint density at radius 3 is 2.78 bits per heavy atom. The van der Waals surface area contributed by atoms with Crippen molar-refractivity contribution in [2.24, 2.45) is 11.7 Å². The second-order valence-electron chi connectivity index (χ2n) is 2.64. The summed E-state index contributed by atoms with van der Waals surface area (Å²) in [6.45, 7) is 0.554. The van der Waals surface area contributed by atoms with E-state index in [0.717, 1.165) is 19.3 Å². The van der Waals surface area contributed by atoms with E-state index >= 15 is 0 Å². The number of rotatable bonds is 1. The average molecular weight is 127 g/mol. The van der Waals surface area contributed by atoms with Gasteiger partial charge < -0.3 is 5.73 Å². The van der Waals surface area contributed by atoms with Gasteiger partial charge in [0.25, 0.3) is 0 Å². The van der Waals surface area contributed by atoms with Gasteiger partial charge in [-0.25, -0.2) is 0 Å². The normalized spacial score (nSPS) is 28.6. The van der Waals surface area contributed by atoms with E-state index in [-0.39, 0.29) is 5.92 Å². The Morgan fingerprint density at radius 2 is 2.33 bits per heavy atom. The van der Waals surface area contributed by atoms with Crippen LogP contribution in [0.4, 0.5) is 0 Å². The molecule has 0 unspecified atom stereocenters. The number of nitrogens with two attached hydrogens (primary N) is 1. The fourth-order valence-corrected chi connectivity index (χ4v) is 1.30. The summed E-state index contributed by atoms with van der Waals surface area (Å²) in [6.07, 6.45) is 4.06. The fraction of sp³-hybridized carbons (Fsp3) is 0.857. The lowest BCUT2D eigenvalue weighted by Gasteiger charge is -2.17. The number of hydrogen-bond acceptors (Lipinski definition) is 2. The molecule has 2 heteroatoms. The third kappa shape index (κ3) is 1.52. The molecule has 1 atom stereocenters. The zero-order valence-corrected chi connectivity index (χ0v) is 5.60. The minimum Gasteiger partial charge on any atom is -0.330 e. The van der Waals surface area contributed by atoms with Crippen LogP contribution in [-0.4, -0.2) is 12.3 Å². The van der Waals surface area contributed by atoms with Crippen molar-refractivity contribution in [1.82, 2.24) is 0 Å². The quantitative estimate of drug-likeness (QED) is 0.563. The average Bonchev–Trinajstić information content (AvgIpc) is 1.89. The van der Waals surface area contributed by atoms with Crippen molar-refractivity contribution in [2.45, 2.75) is 25.7 Å². The number of carbonyl (C=O) groups excluding carboxylic acids is 1. The first kappa shape index (κ1) is 6.75. The minimum absolute atomic E-state index is 0.193. The van der Waals surface area contributed by atoms with Crippen molar-refractivity contribution in [3.8, 4) is 0 Å². The monoisotopic (exact) mass is 127 g/mol. The topological polar surface area (TPSA) is 43.1 Å². The molecule has 1 aliphatic rings. The van der Waals surface area contributed by atoms with Crippen molar-refractivity contribution in [1.29, 1.82) is 0 Å². The Hall–Kier alpha value is -0.370. The lowest BCUT2D eigenvalue weighted by atomic mass is 9.88. The Kier molecular flexibility index (Phi) is 2.22. The summed E-state index contributed by atoms with van der Waals surface area (Å²) in [6, 6.07) is 0. The molecule has 52 valence electrons. The van der Waals surface area contributed by atoms with Crippen LogP contribution in [-0.2, 0) is 4.79 Å². The summed E-state index contributed by atoms with van der Waals surface area (Å²) in [5.74, 6) is 0.572. The molecular formula is C7H13NO. The van der Waals surface area contributed by atoms with Crippen LogP contribution >= 0.6 is 0 Å². The maximum atomic E-state index is 10.9. The second kappa shape index (κ2) is 2.97. The third-order valence-corrected chi connectivity index (χ3v) is 1.97. The molecule has 0 saturated heterocycles. The summed E-state index contributed by atoms with van der Waals surface area (Å²) in [5, 5.41) is 0. The molecule has 0 radical (unpaired) electrons. The van der Waals surface area contributed by atoms with Crippen molar-refractivity contribution in [2.75, 3.05) is 6.54 Å². The van der Waals surface area contributed by atoms with Crippen LogP contribution in [0, 0.1) is 5.92 Å². The molecule has 1 rings (SSSR count). The minimum atomic E-state index is 0.193. The van der Waals surface area contributed by atoms with Crippen molar-refractivity contribution in [3.05, 3.63) is 0 Å². The molecule has 0 aromatic rings. The highest BCUT2D eigenvalue weighted by atomic mass is 16.1. The van der Waals surface area contributed by atoms with Gasteiger partial charge in [-0.05, 0) is 12.8 Å². The maximum absolute atomic E-state index is 10.9. The summed E-state index contributed by atoms with van der Waals surface area (Å²) in [7, 11) is 0. The third-order valence-electron chi connectivity index (χ3n) is 1.97. The van der Waals surface area contributed by atoms with Gasteiger partial charge in [-0.3, -0.25) is 4.79 Å². The van der Waals surface area contributed by atoms with Gasteiger partial charge in [0, 0.05) is 18.9 Å². The van der Waals surface area contributed by atoms with Gasteiger partial charge in [0.15, 0.2) is 0 Å². The molecule has 0 bridgehead atoms. The van der Waals surface area contributed by atoms with E-state index in [2.05, 4.69) is 0 Å². The summed E-state index contributed by atoms with van der Waals surface area (Å²) in [5.41, 5.74) is 5.37. The molecular weight excluding hydrogens is 114 g/mol. The highest BCUT2D eigenvalue weighted by Crippen LogP contribution is 2.18. The molecule has 0 aliphatic heterocycles. The first-order valence-electron chi connectivity index (χ1n) is 3.57. The molecule has 1 saturated carbocycles. The first-order chi connectivity index (χ1) is 4.34. The zero-order chi connectivity index (χ0) is 6.69. The van der Waals surface area contributed by atoms with Crippen LogP contribution in [0.1, 0.15) is 25.7 Å². The molecule has 1 fully saturated rings. The lowest BCUT2D eigenvalue weighted by Crippen LogP contribution is -2.26. The van der Waals surface area contributed by atoms with Crippen LogP contribution in [0.3, 0.4) is 0 Å². The first-order valence-corrected chi connectivity index (χ1v) is 3.57. The van der Waals surface area contributed by atoms with E-state index in [0.29, 0.717) is 12.3 Å². The van der Waals surface area contributed by atoms with Crippen molar-refractivity contribution < 1.29 is 4.79 Å². The Labute approximate surface area is 55.4 Å².